The van der Waals surface area contributed by atoms with Crippen LogP contribution >= 0.6 is 0 Å². The van der Waals surface area contributed by atoms with Crippen LogP contribution in [0.4, 0.5) is 5.69 Å². The van der Waals surface area contributed by atoms with E-state index in [4.69, 9.17) is 0 Å². The fourth-order valence-electron chi connectivity index (χ4n) is 5.58. The first-order valence-corrected chi connectivity index (χ1v) is 11.8. The summed E-state index contributed by atoms with van der Waals surface area (Å²) in [7, 11) is 4.03. The lowest BCUT2D eigenvalue weighted by Gasteiger charge is -2.32. The Morgan fingerprint density at radius 3 is 2.25 bits per heavy atom. The predicted octanol–water partition coefficient (Wildman–Crippen LogP) is 3.50. The maximum Gasteiger partial charge on any atom is 0.249 e. The smallest absolute Gasteiger partial charge is 0.249 e. The number of rotatable bonds is 5. The number of nitrogens with zero attached hydrogens (tertiary/aromatic N) is 3. The summed E-state index contributed by atoms with van der Waals surface area (Å²) in [6.45, 7) is 0.589. The maximum absolute atomic E-state index is 13.7. The standard InChI is InChI=1S/C26H32N4O2/c1-28(2)20-15-13-19(14-16-20)23-22-24(29(27-23)17-18-9-5-3-6-10-18)26(32)30(25(22)31)21-11-7-4-8-12-21/h3,5-6,9-10,13-16,21-24,27H,4,7-8,11-12,17H2,1-2H3/t22-,23-,24+/m0/s1. The third-order valence-corrected chi connectivity index (χ3v) is 7.26. The van der Waals surface area contributed by atoms with Crippen molar-refractivity contribution in [2.24, 2.45) is 5.92 Å². The van der Waals surface area contributed by atoms with E-state index in [-0.39, 0.29) is 23.9 Å². The Bertz CT molecular complexity index is 969. The Morgan fingerprint density at radius 2 is 1.59 bits per heavy atom. The van der Waals surface area contributed by atoms with Gasteiger partial charge in [-0.25, -0.2) is 10.4 Å². The van der Waals surface area contributed by atoms with Crippen LogP contribution in [-0.2, 0) is 16.1 Å². The first-order chi connectivity index (χ1) is 15.5. The molecule has 2 aromatic rings. The van der Waals surface area contributed by atoms with E-state index in [0.29, 0.717) is 6.54 Å². The van der Waals surface area contributed by atoms with Gasteiger partial charge in [0.2, 0.25) is 11.8 Å². The van der Waals surface area contributed by atoms with Crippen molar-refractivity contribution in [2.45, 2.75) is 56.8 Å². The van der Waals surface area contributed by atoms with E-state index in [1.54, 1.807) is 4.90 Å². The maximum atomic E-state index is 13.7. The van der Waals surface area contributed by atoms with E-state index in [1.807, 2.05) is 37.3 Å². The Labute approximate surface area is 190 Å². The second kappa shape index (κ2) is 8.68. The van der Waals surface area contributed by atoms with Gasteiger partial charge in [0.1, 0.15) is 6.04 Å². The first kappa shape index (κ1) is 21.2. The lowest BCUT2D eigenvalue weighted by atomic mass is 9.90. The number of benzene rings is 2. The highest BCUT2D eigenvalue weighted by atomic mass is 16.2. The third-order valence-electron chi connectivity index (χ3n) is 7.26. The quantitative estimate of drug-likeness (QED) is 0.733. The van der Waals surface area contributed by atoms with E-state index < -0.39 is 12.0 Å². The Morgan fingerprint density at radius 1 is 0.906 bits per heavy atom. The van der Waals surface area contributed by atoms with Gasteiger partial charge in [0.25, 0.3) is 0 Å². The zero-order valence-corrected chi connectivity index (χ0v) is 18.9. The monoisotopic (exact) mass is 432 g/mol. The average molecular weight is 433 g/mol. The van der Waals surface area contributed by atoms with Gasteiger partial charge in [-0.2, -0.15) is 0 Å². The molecule has 3 atom stereocenters. The van der Waals surface area contributed by atoms with E-state index in [0.717, 1.165) is 42.5 Å². The summed E-state index contributed by atoms with van der Waals surface area (Å²) >= 11 is 0. The Hall–Kier alpha value is -2.70. The van der Waals surface area contributed by atoms with Crippen LogP contribution in [0.25, 0.3) is 0 Å². The molecule has 2 aromatic carbocycles. The van der Waals surface area contributed by atoms with Gasteiger partial charge in [0, 0.05) is 32.4 Å². The lowest BCUT2D eigenvalue weighted by molar-refractivity contribution is -0.145. The molecular formula is C26H32N4O2. The first-order valence-electron chi connectivity index (χ1n) is 11.8. The second-order valence-electron chi connectivity index (χ2n) is 9.52. The molecular weight excluding hydrogens is 400 g/mol. The van der Waals surface area contributed by atoms with Crippen LogP contribution in [0, 0.1) is 5.92 Å². The average Bonchev–Trinajstić information content (AvgIpc) is 3.31. The number of carbonyl (C=O) groups excluding carboxylic acids is 2. The van der Waals surface area contributed by atoms with Gasteiger partial charge in [0.05, 0.1) is 12.0 Å². The molecule has 1 aliphatic carbocycles. The molecule has 3 fully saturated rings. The minimum Gasteiger partial charge on any atom is -0.378 e. The number of anilines is 1. The number of imide groups is 1. The fraction of sp³-hybridized carbons (Fsp3) is 0.462. The molecule has 2 saturated heterocycles. The number of hydrazine groups is 1. The van der Waals surface area contributed by atoms with Crippen LogP contribution in [0.15, 0.2) is 54.6 Å². The number of carbonyl (C=O) groups is 2. The largest absolute Gasteiger partial charge is 0.378 e. The summed E-state index contributed by atoms with van der Waals surface area (Å²) < 4.78 is 0. The molecule has 1 saturated carbocycles. The van der Waals surface area contributed by atoms with Crippen LogP contribution in [0.1, 0.15) is 49.3 Å². The van der Waals surface area contributed by atoms with Gasteiger partial charge >= 0.3 is 0 Å². The van der Waals surface area contributed by atoms with Crippen LogP contribution < -0.4 is 10.3 Å². The summed E-state index contributed by atoms with van der Waals surface area (Å²) in [5.74, 6) is -0.419. The van der Waals surface area contributed by atoms with E-state index >= 15 is 0 Å². The van der Waals surface area contributed by atoms with Crippen molar-refractivity contribution < 1.29 is 9.59 Å². The van der Waals surface area contributed by atoms with Gasteiger partial charge < -0.3 is 4.90 Å². The lowest BCUT2D eigenvalue weighted by Crippen LogP contribution is -2.48. The summed E-state index contributed by atoms with van der Waals surface area (Å²) in [5.41, 5.74) is 6.83. The zero-order chi connectivity index (χ0) is 22.2. The number of likely N-dealkylation sites (tertiary alicyclic amines) is 1. The Kier molecular flexibility index (Phi) is 5.74. The topological polar surface area (TPSA) is 55.9 Å². The van der Waals surface area contributed by atoms with Crippen molar-refractivity contribution in [3.8, 4) is 0 Å². The molecule has 2 aliphatic heterocycles. The SMILES string of the molecule is CN(C)c1ccc([C@@H]2NN(Cc3ccccc3)[C@H]3C(=O)N(C4CCCCC4)C(=O)[C@@H]23)cc1. The van der Waals surface area contributed by atoms with E-state index in [2.05, 4.69) is 46.7 Å². The zero-order valence-electron chi connectivity index (χ0n) is 18.9. The van der Waals surface area contributed by atoms with Crippen molar-refractivity contribution in [2.75, 3.05) is 19.0 Å². The molecule has 5 rings (SSSR count). The van der Waals surface area contributed by atoms with Crippen LogP contribution in [0.5, 0.6) is 0 Å². The molecule has 168 valence electrons. The molecule has 0 radical (unpaired) electrons. The van der Waals surface area contributed by atoms with E-state index in [9.17, 15) is 9.59 Å². The highest BCUT2D eigenvalue weighted by molar-refractivity contribution is 6.08. The molecule has 32 heavy (non-hydrogen) atoms. The highest BCUT2D eigenvalue weighted by Crippen LogP contribution is 2.43. The number of fused-ring (bicyclic) bond motifs is 1. The second-order valence-corrected chi connectivity index (χ2v) is 9.52. The minimum atomic E-state index is -0.455. The molecule has 2 amide bonds. The number of nitrogens with one attached hydrogen (secondary N) is 1. The normalized spacial score (nSPS) is 26.6. The summed E-state index contributed by atoms with van der Waals surface area (Å²) in [6, 6.07) is 17.9. The summed E-state index contributed by atoms with van der Waals surface area (Å²) in [5, 5.41) is 2.01. The number of amides is 2. The van der Waals surface area contributed by atoms with Crippen molar-refractivity contribution in [1.29, 1.82) is 0 Å². The van der Waals surface area contributed by atoms with Gasteiger partial charge in [0.15, 0.2) is 0 Å². The molecule has 0 aromatic heterocycles. The van der Waals surface area contributed by atoms with Crippen LogP contribution in [-0.4, -0.2) is 47.9 Å². The number of hydrogen-bond donors (Lipinski definition) is 1. The van der Waals surface area contributed by atoms with Gasteiger partial charge in [-0.3, -0.25) is 14.5 Å². The van der Waals surface area contributed by atoms with Crippen LogP contribution in [0.2, 0.25) is 0 Å². The number of hydrogen-bond acceptors (Lipinski definition) is 5. The van der Waals surface area contributed by atoms with Crippen molar-refractivity contribution in [1.82, 2.24) is 15.3 Å². The molecule has 0 bridgehead atoms. The Balaban J connectivity index is 1.48. The highest BCUT2D eigenvalue weighted by Gasteiger charge is 2.59. The van der Waals surface area contributed by atoms with Gasteiger partial charge in [-0.15, -0.1) is 0 Å². The summed E-state index contributed by atoms with van der Waals surface area (Å²) in [6.07, 6.45) is 5.26. The fourth-order valence-corrected chi connectivity index (χ4v) is 5.58. The molecule has 1 N–H and O–H groups in total. The molecule has 6 nitrogen and oxygen atoms in total. The summed E-state index contributed by atoms with van der Waals surface area (Å²) in [4.78, 5) is 31.0. The molecule has 0 unspecified atom stereocenters. The van der Waals surface area contributed by atoms with Crippen molar-refractivity contribution in [3.63, 3.8) is 0 Å². The molecule has 3 aliphatic rings. The minimum absolute atomic E-state index is 0.00310. The molecule has 2 heterocycles. The van der Waals surface area contributed by atoms with Gasteiger partial charge in [-0.05, 0) is 36.1 Å². The predicted molar refractivity (Wildman–Crippen MR) is 125 cm³/mol. The van der Waals surface area contributed by atoms with Crippen LogP contribution in [0.3, 0.4) is 0 Å². The van der Waals surface area contributed by atoms with Crippen molar-refractivity contribution >= 4 is 17.5 Å². The third kappa shape index (κ3) is 3.71. The molecule has 6 heteroatoms. The van der Waals surface area contributed by atoms with E-state index in [1.165, 1.54) is 6.42 Å². The molecule has 0 spiro atoms. The van der Waals surface area contributed by atoms with Gasteiger partial charge in [-0.1, -0.05) is 61.7 Å². The van der Waals surface area contributed by atoms with Crippen molar-refractivity contribution in [3.05, 3.63) is 65.7 Å².